The molecule has 0 amide bonds. The van der Waals surface area contributed by atoms with Gasteiger partial charge in [0.25, 0.3) is 0 Å². The molecule has 0 spiro atoms. The Kier molecular flexibility index (Phi) is 4.06. The van der Waals surface area contributed by atoms with Gasteiger partial charge in [-0.1, -0.05) is 23.9 Å². The highest BCUT2D eigenvalue weighted by Gasteiger charge is 2.27. The van der Waals surface area contributed by atoms with Crippen LogP contribution in [0, 0.1) is 5.82 Å². The van der Waals surface area contributed by atoms with Crippen molar-refractivity contribution in [2.24, 2.45) is 0 Å². The molecule has 22 heavy (non-hydrogen) atoms. The summed E-state index contributed by atoms with van der Waals surface area (Å²) >= 11 is 1.28. The summed E-state index contributed by atoms with van der Waals surface area (Å²) in [6.45, 7) is 0. The first-order valence-electron chi connectivity index (χ1n) is 6.54. The number of thioether (sulfide) groups is 1. The van der Waals surface area contributed by atoms with Crippen molar-refractivity contribution < 1.29 is 12.8 Å². The maximum Gasteiger partial charge on any atom is 0.211 e. The summed E-state index contributed by atoms with van der Waals surface area (Å²) in [7, 11) is -3.14. The van der Waals surface area contributed by atoms with E-state index in [4.69, 9.17) is 5.84 Å². The third kappa shape index (κ3) is 3.08. The zero-order valence-corrected chi connectivity index (χ0v) is 13.1. The van der Waals surface area contributed by atoms with Crippen molar-refractivity contribution in [1.82, 2.24) is 19.6 Å². The minimum atomic E-state index is -3.14. The normalized spacial score (nSPS) is 20.3. The first kappa shape index (κ1) is 15.3. The summed E-state index contributed by atoms with van der Waals surface area (Å²) in [6, 6.07) is 6.01. The Morgan fingerprint density at radius 1 is 1.41 bits per heavy atom. The third-order valence-corrected chi connectivity index (χ3v) is 5.85. The second-order valence-corrected chi connectivity index (χ2v) is 7.75. The Balaban J connectivity index is 1.73. The van der Waals surface area contributed by atoms with Crippen LogP contribution in [0.4, 0.5) is 4.39 Å². The van der Waals surface area contributed by atoms with Gasteiger partial charge >= 0.3 is 0 Å². The van der Waals surface area contributed by atoms with Crippen LogP contribution in [0.1, 0.15) is 6.42 Å². The molecule has 1 fully saturated rings. The van der Waals surface area contributed by atoms with Crippen LogP contribution >= 0.6 is 11.8 Å². The van der Waals surface area contributed by atoms with Gasteiger partial charge in [-0.15, -0.1) is 10.2 Å². The van der Waals surface area contributed by atoms with Gasteiger partial charge in [0.1, 0.15) is 5.82 Å². The average Bonchev–Trinajstić information content (AvgIpc) is 3.00. The van der Waals surface area contributed by atoms with E-state index in [1.807, 2.05) is 0 Å². The molecule has 2 aromatic rings. The quantitative estimate of drug-likeness (QED) is 0.622. The topological polar surface area (TPSA) is 103 Å². The first-order valence-corrected chi connectivity index (χ1v) is 9.18. The van der Waals surface area contributed by atoms with Crippen LogP contribution in [-0.2, 0) is 10.0 Å². The van der Waals surface area contributed by atoms with Crippen LogP contribution in [0.25, 0.3) is 11.4 Å². The molecule has 118 valence electrons. The molecule has 2 heterocycles. The maximum atomic E-state index is 13.8. The largest absolute Gasteiger partial charge is 0.335 e. The predicted octanol–water partition coefficient (Wildman–Crippen LogP) is 0.582. The van der Waals surface area contributed by atoms with E-state index in [1.54, 1.807) is 18.2 Å². The summed E-state index contributed by atoms with van der Waals surface area (Å²) < 4.78 is 40.2. The second kappa shape index (κ2) is 5.86. The number of nitrogens with two attached hydrogens (primary N) is 1. The summed E-state index contributed by atoms with van der Waals surface area (Å²) in [4.78, 5) is 0. The van der Waals surface area contributed by atoms with Gasteiger partial charge in [0.15, 0.2) is 5.82 Å². The van der Waals surface area contributed by atoms with Crippen LogP contribution in [0.2, 0.25) is 0 Å². The highest BCUT2D eigenvalue weighted by molar-refractivity contribution is 7.99. The van der Waals surface area contributed by atoms with Gasteiger partial charge < -0.3 is 5.84 Å². The lowest BCUT2D eigenvalue weighted by Crippen LogP contribution is -2.27. The molecule has 10 heteroatoms. The molecule has 1 aromatic heterocycles. The number of benzene rings is 1. The molecule has 7 nitrogen and oxygen atoms in total. The van der Waals surface area contributed by atoms with Crippen molar-refractivity contribution in [1.29, 1.82) is 0 Å². The van der Waals surface area contributed by atoms with Crippen molar-refractivity contribution in [3.8, 4) is 11.4 Å². The fraction of sp³-hybridized carbons (Fsp3) is 0.333. The lowest BCUT2D eigenvalue weighted by Gasteiger charge is -2.08. The molecule has 0 aliphatic carbocycles. The summed E-state index contributed by atoms with van der Waals surface area (Å²) in [5.41, 5.74) is 0.269. The predicted molar refractivity (Wildman–Crippen MR) is 81.6 cm³/mol. The van der Waals surface area contributed by atoms with Crippen LogP contribution < -0.4 is 10.6 Å². The Morgan fingerprint density at radius 3 is 2.86 bits per heavy atom. The second-order valence-electron chi connectivity index (χ2n) is 4.89. The van der Waals surface area contributed by atoms with E-state index in [2.05, 4.69) is 14.9 Å². The molecule has 0 bridgehead atoms. The lowest BCUT2D eigenvalue weighted by atomic mass is 10.2. The zero-order valence-electron chi connectivity index (χ0n) is 11.4. The van der Waals surface area contributed by atoms with Gasteiger partial charge in [-0.2, -0.15) is 0 Å². The molecular weight excluding hydrogens is 329 g/mol. The van der Waals surface area contributed by atoms with Crippen molar-refractivity contribution in [3.05, 3.63) is 30.1 Å². The third-order valence-electron chi connectivity index (χ3n) is 3.27. The van der Waals surface area contributed by atoms with Crippen LogP contribution in [0.15, 0.2) is 29.4 Å². The van der Waals surface area contributed by atoms with Crippen molar-refractivity contribution >= 4 is 21.8 Å². The van der Waals surface area contributed by atoms with Crippen LogP contribution in [-0.4, -0.2) is 40.8 Å². The zero-order chi connectivity index (χ0) is 15.7. The number of nitrogen functional groups attached to an aromatic ring is 1. The van der Waals surface area contributed by atoms with E-state index < -0.39 is 15.8 Å². The molecule has 1 atom stereocenters. The molecule has 0 radical (unpaired) electrons. The Labute approximate surface area is 131 Å². The number of rotatable bonds is 4. The number of sulfonamides is 1. The Morgan fingerprint density at radius 2 is 2.18 bits per heavy atom. The number of aromatic nitrogens is 3. The Bertz CT molecular complexity index is 793. The van der Waals surface area contributed by atoms with Crippen LogP contribution in [0.3, 0.4) is 0 Å². The molecule has 3 rings (SSSR count). The van der Waals surface area contributed by atoms with Gasteiger partial charge in [-0.05, 0) is 18.6 Å². The minimum Gasteiger partial charge on any atom is -0.335 e. The maximum absolute atomic E-state index is 13.8. The molecule has 0 saturated carbocycles. The average molecular weight is 343 g/mol. The monoisotopic (exact) mass is 343 g/mol. The molecule has 1 aliphatic heterocycles. The fourth-order valence-electron chi connectivity index (χ4n) is 2.16. The highest BCUT2D eigenvalue weighted by atomic mass is 32.2. The number of nitrogens with zero attached hydrogens (tertiary/aromatic N) is 3. The van der Waals surface area contributed by atoms with E-state index in [0.29, 0.717) is 17.3 Å². The SMILES string of the molecule is Nn1c(SCC2CCS(=O)(=O)N2)nnc1-c1ccccc1F. The molecule has 3 N–H and O–H groups in total. The molecule has 1 unspecified atom stereocenters. The van der Waals surface area contributed by atoms with E-state index >= 15 is 0 Å². The highest BCUT2D eigenvalue weighted by Crippen LogP contribution is 2.25. The van der Waals surface area contributed by atoms with Gasteiger partial charge in [0.2, 0.25) is 15.2 Å². The van der Waals surface area contributed by atoms with Gasteiger partial charge in [0.05, 0.1) is 11.3 Å². The number of halogens is 1. The summed E-state index contributed by atoms with van der Waals surface area (Å²) in [5.74, 6) is 6.33. The summed E-state index contributed by atoms with van der Waals surface area (Å²) in [6.07, 6.45) is 0.550. The van der Waals surface area contributed by atoms with Gasteiger partial charge in [-0.3, -0.25) is 0 Å². The van der Waals surface area contributed by atoms with Crippen molar-refractivity contribution in [2.75, 3.05) is 17.3 Å². The van der Waals surface area contributed by atoms with Gasteiger partial charge in [-0.25, -0.2) is 22.2 Å². The van der Waals surface area contributed by atoms with E-state index in [1.165, 1.54) is 22.5 Å². The number of hydrogen-bond donors (Lipinski definition) is 2. The molecule has 1 saturated heterocycles. The number of nitrogens with one attached hydrogen (secondary N) is 1. The van der Waals surface area contributed by atoms with E-state index in [0.717, 1.165) is 0 Å². The van der Waals surface area contributed by atoms with Gasteiger partial charge in [0, 0.05) is 11.8 Å². The van der Waals surface area contributed by atoms with Crippen LogP contribution in [0.5, 0.6) is 0 Å². The molecule has 1 aromatic carbocycles. The fourth-order valence-corrected chi connectivity index (χ4v) is 4.61. The van der Waals surface area contributed by atoms with E-state index in [-0.39, 0.29) is 23.2 Å². The first-order chi connectivity index (χ1) is 10.5. The van der Waals surface area contributed by atoms with Crippen molar-refractivity contribution in [3.63, 3.8) is 0 Å². The smallest absolute Gasteiger partial charge is 0.211 e. The minimum absolute atomic E-state index is 0.133. The Hall–Kier alpha value is -1.65. The lowest BCUT2D eigenvalue weighted by molar-refractivity contribution is 0.588. The number of hydrogen-bond acceptors (Lipinski definition) is 6. The summed E-state index contributed by atoms with van der Waals surface area (Å²) in [5, 5.41) is 8.25. The standard InChI is InChI=1S/C12H14FN5O2S2/c13-10-4-2-1-3-9(10)11-15-16-12(18(11)14)21-7-8-5-6-22(19,20)17-8/h1-4,8,17H,5-7,14H2. The molecule has 1 aliphatic rings. The molecular formula is C12H14FN5O2S2. The van der Waals surface area contributed by atoms with E-state index in [9.17, 15) is 12.8 Å². The van der Waals surface area contributed by atoms with Crippen molar-refractivity contribution in [2.45, 2.75) is 17.6 Å².